The number of ether oxygens (including phenoxy) is 1. The molecule has 1 atom stereocenters. The van der Waals surface area contributed by atoms with Crippen molar-refractivity contribution in [3.05, 3.63) is 101 Å². The van der Waals surface area contributed by atoms with Crippen LogP contribution in [0.5, 0.6) is 5.75 Å². The van der Waals surface area contributed by atoms with E-state index < -0.39 is 0 Å². The van der Waals surface area contributed by atoms with Crippen molar-refractivity contribution in [2.75, 3.05) is 0 Å². The third kappa shape index (κ3) is 4.28. The molecule has 116 valence electrons. The largest absolute Gasteiger partial charge is 0.489 e. The second kappa shape index (κ2) is 7.54. The van der Waals surface area contributed by atoms with Crippen molar-refractivity contribution in [3.63, 3.8) is 0 Å². The van der Waals surface area contributed by atoms with Gasteiger partial charge in [-0.25, -0.2) is 0 Å². The first-order valence-corrected chi connectivity index (χ1v) is 8.20. The lowest BCUT2D eigenvalue weighted by Gasteiger charge is -2.13. The Labute approximate surface area is 146 Å². The third-order valence-corrected chi connectivity index (χ3v) is 4.32. The minimum atomic E-state index is -0.229. The van der Waals surface area contributed by atoms with E-state index in [-0.39, 0.29) is 5.38 Å². The predicted molar refractivity (Wildman–Crippen MR) is 96.4 cm³/mol. The first-order chi connectivity index (χ1) is 11.2. The number of rotatable bonds is 5. The summed E-state index contributed by atoms with van der Waals surface area (Å²) in [7, 11) is 0. The second-order valence-corrected chi connectivity index (χ2v) is 6.13. The maximum Gasteiger partial charge on any atom is 0.120 e. The standard InChI is InChI=1S/C20H16Cl2O/c21-18-11-9-16(10-12-18)20(22)17-7-4-8-19(13-17)23-14-15-5-2-1-3-6-15/h1-13,20H,14H2. The Morgan fingerprint density at radius 1 is 0.783 bits per heavy atom. The number of alkyl halides is 1. The molecule has 0 aliphatic heterocycles. The molecule has 0 bridgehead atoms. The molecule has 1 nitrogen and oxygen atoms in total. The summed E-state index contributed by atoms with van der Waals surface area (Å²) in [6, 6.07) is 25.6. The Morgan fingerprint density at radius 3 is 2.26 bits per heavy atom. The van der Waals surface area contributed by atoms with Gasteiger partial charge in [-0.3, -0.25) is 0 Å². The van der Waals surface area contributed by atoms with Crippen molar-refractivity contribution in [3.8, 4) is 5.75 Å². The Kier molecular flexibility index (Phi) is 5.22. The van der Waals surface area contributed by atoms with Crippen molar-refractivity contribution in [1.29, 1.82) is 0 Å². The molecule has 0 heterocycles. The van der Waals surface area contributed by atoms with Crippen molar-refractivity contribution < 1.29 is 4.74 Å². The highest BCUT2D eigenvalue weighted by atomic mass is 35.5. The molecule has 0 aromatic heterocycles. The molecule has 3 aromatic carbocycles. The van der Waals surface area contributed by atoms with Gasteiger partial charge in [-0.2, -0.15) is 0 Å². The van der Waals surface area contributed by atoms with E-state index in [4.69, 9.17) is 27.9 Å². The summed E-state index contributed by atoms with van der Waals surface area (Å²) in [6.45, 7) is 0.540. The summed E-state index contributed by atoms with van der Waals surface area (Å²) in [5.74, 6) is 0.811. The summed E-state index contributed by atoms with van der Waals surface area (Å²) in [5, 5.41) is 0.477. The number of hydrogen-bond acceptors (Lipinski definition) is 1. The van der Waals surface area contributed by atoms with Gasteiger partial charge in [-0.15, -0.1) is 11.6 Å². The zero-order valence-corrected chi connectivity index (χ0v) is 14.0. The monoisotopic (exact) mass is 342 g/mol. The summed E-state index contributed by atoms with van der Waals surface area (Å²) < 4.78 is 5.86. The van der Waals surface area contributed by atoms with Crippen LogP contribution in [0, 0.1) is 0 Å². The Hall–Kier alpha value is -1.96. The zero-order valence-electron chi connectivity index (χ0n) is 12.5. The smallest absolute Gasteiger partial charge is 0.120 e. The van der Waals surface area contributed by atoms with Gasteiger partial charge in [0, 0.05) is 5.02 Å². The van der Waals surface area contributed by atoms with E-state index in [0.717, 1.165) is 22.4 Å². The van der Waals surface area contributed by atoms with Crippen LogP contribution in [0.4, 0.5) is 0 Å². The van der Waals surface area contributed by atoms with Crippen LogP contribution < -0.4 is 4.74 Å². The fraction of sp³-hybridized carbons (Fsp3) is 0.100. The van der Waals surface area contributed by atoms with Crippen molar-refractivity contribution in [2.45, 2.75) is 12.0 Å². The van der Waals surface area contributed by atoms with Gasteiger partial charge in [0.05, 0.1) is 5.38 Å². The highest BCUT2D eigenvalue weighted by molar-refractivity contribution is 6.30. The number of benzene rings is 3. The van der Waals surface area contributed by atoms with Crippen LogP contribution >= 0.6 is 23.2 Å². The van der Waals surface area contributed by atoms with E-state index in [1.54, 1.807) is 0 Å². The Morgan fingerprint density at radius 2 is 1.52 bits per heavy atom. The molecule has 0 amide bonds. The molecule has 1 unspecified atom stereocenters. The lowest BCUT2D eigenvalue weighted by molar-refractivity contribution is 0.306. The number of hydrogen-bond donors (Lipinski definition) is 0. The van der Waals surface area contributed by atoms with Gasteiger partial charge in [-0.05, 0) is 41.0 Å². The highest BCUT2D eigenvalue weighted by Gasteiger charge is 2.11. The maximum atomic E-state index is 6.57. The van der Waals surface area contributed by atoms with Crippen molar-refractivity contribution in [1.82, 2.24) is 0 Å². The SMILES string of the molecule is Clc1ccc(C(Cl)c2cccc(OCc3ccccc3)c2)cc1. The first kappa shape index (κ1) is 15.9. The van der Waals surface area contributed by atoms with Gasteiger partial charge < -0.3 is 4.74 Å². The van der Waals surface area contributed by atoms with Gasteiger partial charge in [0.25, 0.3) is 0 Å². The molecule has 3 aromatic rings. The minimum absolute atomic E-state index is 0.229. The quantitative estimate of drug-likeness (QED) is 0.498. The minimum Gasteiger partial charge on any atom is -0.489 e. The van der Waals surface area contributed by atoms with E-state index in [1.165, 1.54) is 0 Å². The van der Waals surface area contributed by atoms with Crippen LogP contribution in [0.25, 0.3) is 0 Å². The summed E-state index contributed by atoms with van der Waals surface area (Å²) in [5.41, 5.74) is 3.15. The predicted octanol–water partition coefficient (Wildman–Crippen LogP) is 6.25. The van der Waals surface area contributed by atoms with E-state index >= 15 is 0 Å². The molecule has 0 spiro atoms. The summed E-state index contributed by atoms with van der Waals surface area (Å²) in [4.78, 5) is 0. The van der Waals surface area contributed by atoms with Crippen LogP contribution in [0.1, 0.15) is 22.1 Å². The van der Waals surface area contributed by atoms with E-state index in [1.807, 2.05) is 78.9 Å². The maximum absolute atomic E-state index is 6.57. The molecule has 0 fully saturated rings. The lowest BCUT2D eigenvalue weighted by atomic mass is 10.0. The highest BCUT2D eigenvalue weighted by Crippen LogP contribution is 2.31. The molecular formula is C20H16Cl2O. The Balaban J connectivity index is 1.73. The molecule has 3 rings (SSSR count). The molecule has 23 heavy (non-hydrogen) atoms. The molecule has 0 N–H and O–H groups in total. The number of halogens is 2. The zero-order chi connectivity index (χ0) is 16.1. The van der Waals surface area contributed by atoms with Gasteiger partial charge in [0.15, 0.2) is 0 Å². The van der Waals surface area contributed by atoms with Gasteiger partial charge >= 0.3 is 0 Å². The molecule has 3 heteroatoms. The van der Waals surface area contributed by atoms with Crippen molar-refractivity contribution >= 4 is 23.2 Å². The van der Waals surface area contributed by atoms with Gasteiger partial charge in [-0.1, -0.05) is 66.2 Å². The van der Waals surface area contributed by atoms with Crippen LogP contribution in [-0.2, 0) is 6.61 Å². The fourth-order valence-corrected chi connectivity index (χ4v) is 2.73. The van der Waals surface area contributed by atoms with Crippen LogP contribution in [0.2, 0.25) is 5.02 Å². The molecule has 0 saturated carbocycles. The molecule has 0 aliphatic rings. The molecule has 0 radical (unpaired) electrons. The third-order valence-electron chi connectivity index (χ3n) is 3.56. The van der Waals surface area contributed by atoms with Crippen LogP contribution in [0.15, 0.2) is 78.9 Å². The van der Waals surface area contributed by atoms with Gasteiger partial charge in [0.2, 0.25) is 0 Å². The second-order valence-electron chi connectivity index (χ2n) is 5.26. The van der Waals surface area contributed by atoms with E-state index in [9.17, 15) is 0 Å². The molecular weight excluding hydrogens is 327 g/mol. The first-order valence-electron chi connectivity index (χ1n) is 7.38. The normalized spacial score (nSPS) is 11.9. The van der Waals surface area contributed by atoms with E-state index in [0.29, 0.717) is 11.6 Å². The van der Waals surface area contributed by atoms with Gasteiger partial charge in [0.1, 0.15) is 12.4 Å². The average molecular weight is 343 g/mol. The van der Waals surface area contributed by atoms with Crippen LogP contribution in [-0.4, -0.2) is 0 Å². The Bertz CT molecular complexity index is 754. The van der Waals surface area contributed by atoms with Crippen LogP contribution in [0.3, 0.4) is 0 Å². The lowest BCUT2D eigenvalue weighted by Crippen LogP contribution is -1.97. The van der Waals surface area contributed by atoms with Crippen molar-refractivity contribution in [2.24, 2.45) is 0 Å². The van der Waals surface area contributed by atoms with E-state index in [2.05, 4.69) is 0 Å². The molecule has 0 aliphatic carbocycles. The topological polar surface area (TPSA) is 9.23 Å². The average Bonchev–Trinajstić information content (AvgIpc) is 2.61. The summed E-state index contributed by atoms with van der Waals surface area (Å²) in [6.07, 6.45) is 0. The summed E-state index contributed by atoms with van der Waals surface area (Å²) >= 11 is 12.5. The molecule has 0 saturated heterocycles. The fourth-order valence-electron chi connectivity index (χ4n) is 2.33.